The van der Waals surface area contributed by atoms with E-state index in [9.17, 15) is 4.79 Å². The van der Waals surface area contributed by atoms with Gasteiger partial charge in [-0.05, 0) is 30.7 Å². The number of hydrogen-bond donors (Lipinski definition) is 0. The molecular weight excluding hydrogens is 356 g/mol. The lowest BCUT2D eigenvalue weighted by Gasteiger charge is -2.36. The highest BCUT2D eigenvalue weighted by Gasteiger charge is 2.26. The standard InChI is InChI=1S/C21H26N4OS/c1-17-9-11-25(18-6-2-3-7-19(18)27-17)21(26)16-23-12-14-24(15-13-23)20-8-4-5-10-22-20/h2-8,10,17H,9,11-16H2,1H3/t17-/m1/s1. The first-order valence-corrected chi connectivity index (χ1v) is 10.5. The number of nitrogens with zero attached hydrogens (tertiary/aromatic N) is 4. The summed E-state index contributed by atoms with van der Waals surface area (Å²) >= 11 is 1.88. The highest BCUT2D eigenvalue weighted by Crippen LogP contribution is 2.37. The van der Waals surface area contributed by atoms with Gasteiger partial charge in [0.15, 0.2) is 0 Å². The van der Waals surface area contributed by atoms with Crippen LogP contribution in [0, 0.1) is 0 Å². The molecule has 0 radical (unpaired) electrons. The molecule has 0 spiro atoms. The number of piperazine rings is 1. The molecule has 0 N–H and O–H groups in total. The molecule has 0 bridgehead atoms. The van der Waals surface area contributed by atoms with E-state index in [-0.39, 0.29) is 5.91 Å². The van der Waals surface area contributed by atoms with Crippen LogP contribution in [0.15, 0.2) is 53.6 Å². The Morgan fingerprint density at radius 3 is 2.63 bits per heavy atom. The van der Waals surface area contributed by atoms with Gasteiger partial charge in [0.2, 0.25) is 5.91 Å². The Balaban J connectivity index is 1.39. The van der Waals surface area contributed by atoms with E-state index in [0.29, 0.717) is 11.8 Å². The normalized spacial score (nSPS) is 20.9. The lowest BCUT2D eigenvalue weighted by Crippen LogP contribution is -2.50. The Kier molecular flexibility index (Phi) is 5.64. The third kappa shape index (κ3) is 4.28. The van der Waals surface area contributed by atoms with Crippen LogP contribution in [0.4, 0.5) is 11.5 Å². The summed E-state index contributed by atoms with van der Waals surface area (Å²) in [5.41, 5.74) is 1.07. The Bertz CT molecular complexity index is 777. The van der Waals surface area contributed by atoms with Crippen molar-refractivity contribution < 1.29 is 4.79 Å². The highest BCUT2D eigenvalue weighted by molar-refractivity contribution is 8.00. The van der Waals surface area contributed by atoms with E-state index in [1.165, 1.54) is 4.90 Å². The summed E-state index contributed by atoms with van der Waals surface area (Å²) in [5, 5.41) is 0.533. The summed E-state index contributed by atoms with van der Waals surface area (Å²) in [7, 11) is 0. The molecule has 1 fully saturated rings. The molecule has 2 aliphatic rings. The monoisotopic (exact) mass is 382 g/mol. The van der Waals surface area contributed by atoms with E-state index in [0.717, 1.165) is 50.6 Å². The molecule has 1 saturated heterocycles. The molecule has 3 heterocycles. The first-order chi connectivity index (χ1) is 13.2. The van der Waals surface area contributed by atoms with Crippen molar-refractivity contribution in [2.75, 3.05) is 49.1 Å². The van der Waals surface area contributed by atoms with Crippen molar-refractivity contribution >= 4 is 29.2 Å². The Labute approximate surface area is 165 Å². The molecule has 0 aliphatic carbocycles. The van der Waals surface area contributed by atoms with Gasteiger partial charge in [-0.2, -0.15) is 0 Å². The number of para-hydroxylation sites is 1. The van der Waals surface area contributed by atoms with Crippen molar-refractivity contribution in [3.63, 3.8) is 0 Å². The fourth-order valence-corrected chi connectivity index (χ4v) is 4.81. The van der Waals surface area contributed by atoms with Gasteiger partial charge >= 0.3 is 0 Å². The molecule has 0 saturated carbocycles. The average molecular weight is 383 g/mol. The summed E-state index contributed by atoms with van der Waals surface area (Å²) in [4.78, 5) is 25.3. The number of hydrogen-bond acceptors (Lipinski definition) is 5. The zero-order valence-electron chi connectivity index (χ0n) is 15.8. The second-order valence-corrected chi connectivity index (χ2v) is 8.66. The smallest absolute Gasteiger partial charge is 0.241 e. The number of fused-ring (bicyclic) bond motifs is 1. The number of thioether (sulfide) groups is 1. The Morgan fingerprint density at radius 2 is 1.85 bits per heavy atom. The molecule has 1 aromatic carbocycles. The van der Waals surface area contributed by atoms with Crippen LogP contribution >= 0.6 is 11.8 Å². The fourth-order valence-electron chi connectivity index (χ4n) is 3.70. The van der Waals surface area contributed by atoms with Gasteiger partial charge in [0, 0.05) is 49.1 Å². The van der Waals surface area contributed by atoms with Gasteiger partial charge in [-0.25, -0.2) is 4.98 Å². The van der Waals surface area contributed by atoms with Crippen LogP contribution in [0.25, 0.3) is 0 Å². The van der Waals surface area contributed by atoms with E-state index in [1.807, 2.05) is 47.1 Å². The number of amides is 1. The third-order valence-electron chi connectivity index (χ3n) is 5.25. The minimum Gasteiger partial charge on any atom is -0.354 e. The molecule has 5 nitrogen and oxygen atoms in total. The summed E-state index contributed by atoms with van der Waals surface area (Å²) in [5.74, 6) is 1.24. The van der Waals surface area contributed by atoms with Crippen LogP contribution in [0.1, 0.15) is 13.3 Å². The van der Waals surface area contributed by atoms with Gasteiger partial charge in [0.25, 0.3) is 0 Å². The van der Waals surface area contributed by atoms with Gasteiger partial charge < -0.3 is 9.80 Å². The van der Waals surface area contributed by atoms with Crippen LogP contribution in [0.2, 0.25) is 0 Å². The maximum Gasteiger partial charge on any atom is 0.241 e. The minimum atomic E-state index is 0.212. The van der Waals surface area contributed by atoms with E-state index >= 15 is 0 Å². The number of aromatic nitrogens is 1. The summed E-state index contributed by atoms with van der Waals surface area (Å²) in [6.07, 6.45) is 2.86. The summed E-state index contributed by atoms with van der Waals surface area (Å²) in [6, 6.07) is 14.3. The van der Waals surface area contributed by atoms with E-state index in [1.54, 1.807) is 0 Å². The lowest BCUT2D eigenvalue weighted by molar-refractivity contribution is -0.119. The summed E-state index contributed by atoms with van der Waals surface area (Å²) in [6.45, 7) is 7.14. The highest BCUT2D eigenvalue weighted by atomic mass is 32.2. The van der Waals surface area contributed by atoms with Crippen molar-refractivity contribution in [1.29, 1.82) is 0 Å². The zero-order chi connectivity index (χ0) is 18.6. The third-order valence-corrected chi connectivity index (χ3v) is 6.49. The minimum absolute atomic E-state index is 0.212. The number of anilines is 2. The Hall–Kier alpha value is -2.05. The number of carbonyl (C=O) groups is 1. The lowest BCUT2D eigenvalue weighted by atomic mass is 10.2. The van der Waals surface area contributed by atoms with Crippen molar-refractivity contribution in [3.05, 3.63) is 48.7 Å². The molecule has 142 valence electrons. The maximum atomic E-state index is 13.1. The van der Waals surface area contributed by atoms with Gasteiger partial charge in [0.05, 0.1) is 12.2 Å². The van der Waals surface area contributed by atoms with Gasteiger partial charge in [0.1, 0.15) is 5.82 Å². The van der Waals surface area contributed by atoms with E-state index in [4.69, 9.17) is 0 Å². The summed E-state index contributed by atoms with van der Waals surface area (Å²) < 4.78 is 0. The molecule has 2 aromatic rings. The topological polar surface area (TPSA) is 39.7 Å². The molecule has 27 heavy (non-hydrogen) atoms. The first-order valence-electron chi connectivity index (χ1n) is 9.65. The van der Waals surface area contributed by atoms with Crippen LogP contribution in [-0.2, 0) is 4.79 Å². The number of pyridine rings is 1. The van der Waals surface area contributed by atoms with Gasteiger partial charge in [-0.1, -0.05) is 25.1 Å². The molecule has 2 aliphatic heterocycles. The van der Waals surface area contributed by atoms with Crippen molar-refractivity contribution in [3.8, 4) is 0 Å². The number of benzene rings is 1. The predicted octanol–water partition coefficient (Wildman–Crippen LogP) is 3.12. The van der Waals surface area contributed by atoms with Crippen molar-refractivity contribution in [1.82, 2.24) is 9.88 Å². The molecule has 6 heteroatoms. The molecule has 0 unspecified atom stereocenters. The molecule has 4 rings (SSSR count). The van der Waals surface area contributed by atoms with E-state index < -0.39 is 0 Å². The van der Waals surface area contributed by atoms with Crippen LogP contribution < -0.4 is 9.80 Å². The predicted molar refractivity (Wildman–Crippen MR) is 112 cm³/mol. The van der Waals surface area contributed by atoms with Crippen LogP contribution in [-0.4, -0.2) is 60.3 Å². The van der Waals surface area contributed by atoms with Crippen molar-refractivity contribution in [2.45, 2.75) is 23.5 Å². The van der Waals surface area contributed by atoms with Crippen molar-refractivity contribution in [2.24, 2.45) is 0 Å². The SMILES string of the molecule is C[C@@H]1CCN(C(=O)CN2CCN(c3ccccn3)CC2)c2ccccc2S1. The second-order valence-electron chi connectivity index (χ2n) is 7.18. The number of rotatable bonds is 3. The molecule has 1 aromatic heterocycles. The average Bonchev–Trinajstić information content (AvgIpc) is 2.87. The molecule has 1 atom stereocenters. The maximum absolute atomic E-state index is 13.1. The second kappa shape index (κ2) is 8.31. The number of carbonyl (C=O) groups excluding carboxylic acids is 1. The first kappa shape index (κ1) is 18.3. The molecular formula is C21H26N4OS. The van der Waals surface area contributed by atoms with E-state index in [2.05, 4.69) is 39.9 Å². The van der Waals surface area contributed by atoms with Gasteiger partial charge in [-0.15, -0.1) is 11.8 Å². The van der Waals surface area contributed by atoms with Crippen LogP contribution in [0.3, 0.4) is 0 Å². The van der Waals surface area contributed by atoms with Gasteiger partial charge in [-0.3, -0.25) is 9.69 Å². The quantitative estimate of drug-likeness (QED) is 0.816. The Morgan fingerprint density at radius 1 is 1.07 bits per heavy atom. The fraction of sp³-hybridized carbons (Fsp3) is 0.429. The zero-order valence-corrected chi connectivity index (χ0v) is 16.6. The molecule has 1 amide bonds. The van der Waals surface area contributed by atoms with Crippen LogP contribution in [0.5, 0.6) is 0 Å². The largest absolute Gasteiger partial charge is 0.354 e.